The van der Waals surface area contributed by atoms with Crippen molar-refractivity contribution < 1.29 is 8.42 Å². The topological polar surface area (TPSA) is 58.2 Å². The molecule has 1 aromatic rings. The molecule has 0 unspecified atom stereocenters. The van der Waals surface area contributed by atoms with Gasteiger partial charge in [-0.05, 0) is 65.4 Å². The normalized spacial score (nSPS) is 15.9. The molecule has 2 rings (SSSR count). The molecular weight excluding hydrogens is 352 g/mol. The van der Waals surface area contributed by atoms with Crippen molar-refractivity contribution >= 4 is 26.0 Å². The Morgan fingerprint density at radius 1 is 1.33 bits per heavy atom. The first-order chi connectivity index (χ1) is 10.0. The van der Waals surface area contributed by atoms with Crippen molar-refractivity contribution in [3.8, 4) is 0 Å². The highest BCUT2D eigenvalue weighted by atomic mass is 79.9. The summed E-state index contributed by atoms with van der Waals surface area (Å²) in [6, 6.07) is 5.49. The van der Waals surface area contributed by atoms with Gasteiger partial charge in [0.15, 0.2) is 0 Å². The lowest BCUT2D eigenvalue weighted by atomic mass is 9.86. The SMILES string of the molecule is CCCNCc1ccc(Br)c(S(=O)(=O)NCC2CCC2)c1. The molecule has 0 amide bonds. The van der Waals surface area contributed by atoms with Crippen LogP contribution in [0.1, 0.15) is 38.2 Å². The molecule has 1 saturated carbocycles. The maximum atomic E-state index is 12.4. The minimum absolute atomic E-state index is 0.331. The summed E-state index contributed by atoms with van der Waals surface area (Å²) in [4.78, 5) is 0.331. The largest absolute Gasteiger partial charge is 0.313 e. The van der Waals surface area contributed by atoms with Crippen molar-refractivity contribution in [2.45, 2.75) is 44.0 Å². The number of benzene rings is 1. The van der Waals surface area contributed by atoms with Crippen LogP contribution in [0.15, 0.2) is 27.6 Å². The summed E-state index contributed by atoms with van der Waals surface area (Å²) >= 11 is 3.35. The van der Waals surface area contributed by atoms with Crippen molar-refractivity contribution in [2.24, 2.45) is 5.92 Å². The predicted octanol–water partition coefficient (Wildman–Crippen LogP) is 3.03. The fraction of sp³-hybridized carbons (Fsp3) is 0.600. The first-order valence-electron chi connectivity index (χ1n) is 7.51. The van der Waals surface area contributed by atoms with Gasteiger partial charge in [-0.15, -0.1) is 0 Å². The van der Waals surface area contributed by atoms with Crippen LogP contribution in [0.5, 0.6) is 0 Å². The highest BCUT2D eigenvalue weighted by Crippen LogP contribution is 2.27. The molecule has 0 aliphatic heterocycles. The molecule has 4 nitrogen and oxygen atoms in total. The van der Waals surface area contributed by atoms with E-state index in [1.165, 1.54) is 6.42 Å². The summed E-state index contributed by atoms with van der Waals surface area (Å²) in [6.07, 6.45) is 4.54. The van der Waals surface area contributed by atoms with Gasteiger partial charge in [-0.25, -0.2) is 13.1 Å². The average molecular weight is 375 g/mol. The highest BCUT2D eigenvalue weighted by Gasteiger charge is 2.23. The monoisotopic (exact) mass is 374 g/mol. The first-order valence-corrected chi connectivity index (χ1v) is 9.79. The molecule has 0 saturated heterocycles. The number of sulfonamides is 1. The zero-order valence-electron chi connectivity index (χ0n) is 12.4. The fourth-order valence-electron chi connectivity index (χ4n) is 2.28. The van der Waals surface area contributed by atoms with Gasteiger partial charge in [-0.1, -0.05) is 19.4 Å². The second-order valence-corrected chi connectivity index (χ2v) is 8.18. The smallest absolute Gasteiger partial charge is 0.241 e. The molecule has 2 N–H and O–H groups in total. The average Bonchev–Trinajstić information content (AvgIpc) is 2.39. The fourth-order valence-corrected chi connectivity index (χ4v) is 4.40. The van der Waals surface area contributed by atoms with E-state index in [1.54, 1.807) is 12.1 Å². The number of rotatable bonds is 8. The predicted molar refractivity (Wildman–Crippen MR) is 88.7 cm³/mol. The van der Waals surface area contributed by atoms with E-state index >= 15 is 0 Å². The molecule has 0 radical (unpaired) electrons. The van der Waals surface area contributed by atoms with E-state index in [-0.39, 0.29) is 0 Å². The van der Waals surface area contributed by atoms with Crippen LogP contribution < -0.4 is 10.0 Å². The Morgan fingerprint density at radius 3 is 2.71 bits per heavy atom. The molecule has 0 heterocycles. The number of nitrogens with one attached hydrogen (secondary N) is 2. The lowest BCUT2D eigenvalue weighted by Crippen LogP contribution is -2.32. The number of halogens is 1. The maximum Gasteiger partial charge on any atom is 0.241 e. The van der Waals surface area contributed by atoms with Crippen LogP contribution >= 0.6 is 15.9 Å². The Bertz CT molecular complexity index is 571. The zero-order valence-corrected chi connectivity index (χ0v) is 14.8. The maximum absolute atomic E-state index is 12.4. The molecule has 118 valence electrons. The van der Waals surface area contributed by atoms with Crippen molar-refractivity contribution in [2.75, 3.05) is 13.1 Å². The summed E-state index contributed by atoms with van der Waals surface area (Å²) < 4.78 is 28.2. The van der Waals surface area contributed by atoms with Gasteiger partial charge in [0, 0.05) is 17.6 Å². The molecule has 0 bridgehead atoms. The summed E-state index contributed by atoms with van der Waals surface area (Å²) in [7, 11) is -3.44. The highest BCUT2D eigenvalue weighted by molar-refractivity contribution is 9.10. The molecular formula is C15H23BrN2O2S. The van der Waals surface area contributed by atoms with E-state index < -0.39 is 10.0 Å². The van der Waals surface area contributed by atoms with Gasteiger partial charge in [0.25, 0.3) is 0 Å². The third-order valence-corrected chi connectivity index (χ3v) is 6.25. The molecule has 1 aliphatic rings. The van der Waals surface area contributed by atoms with E-state index in [2.05, 4.69) is 32.9 Å². The van der Waals surface area contributed by atoms with Gasteiger partial charge < -0.3 is 5.32 Å². The Morgan fingerprint density at radius 2 is 2.10 bits per heavy atom. The summed E-state index contributed by atoms with van der Waals surface area (Å²) in [5.41, 5.74) is 0.982. The molecule has 21 heavy (non-hydrogen) atoms. The van der Waals surface area contributed by atoms with Gasteiger partial charge in [0.1, 0.15) is 0 Å². The van der Waals surface area contributed by atoms with Crippen LogP contribution in [0, 0.1) is 5.92 Å². The number of hydrogen-bond acceptors (Lipinski definition) is 3. The second kappa shape index (κ2) is 7.72. The van der Waals surface area contributed by atoms with E-state index in [0.29, 0.717) is 28.4 Å². The quantitative estimate of drug-likeness (QED) is 0.687. The van der Waals surface area contributed by atoms with Crippen molar-refractivity contribution in [1.82, 2.24) is 10.0 Å². The Balaban J connectivity index is 2.06. The number of hydrogen-bond donors (Lipinski definition) is 2. The van der Waals surface area contributed by atoms with Crippen molar-refractivity contribution in [3.63, 3.8) is 0 Å². The van der Waals surface area contributed by atoms with E-state index in [4.69, 9.17) is 0 Å². The minimum Gasteiger partial charge on any atom is -0.313 e. The summed E-state index contributed by atoms with van der Waals surface area (Å²) in [5.74, 6) is 0.507. The Kier molecular flexibility index (Phi) is 6.22. The molecule has 1 fully saturated rings. The molecule has 0 atom stereocenters. The zero-order chi connectivity index (χ0) is 15.3. The van der Waals surface area contributed by atoms with E-state index in [0.717, 1.165) is 31.4 Å². The lowest BCUT2D eigenvalue weighted by Gasteiger charge is -2.25. The molecule has 0 aromatic heterocycles. The summed E-state index contributed by atoms with van der Waals surface area (Å²) in [6.45, 7) is 4.27. The van der Waals surface area contributed by atoms with Gasteiger partial charge in [-0.3, -0.25) is 0 Å². The third-order valence-electron chi connectivity index (χ3n) is 3.83. The second-order valence-electron chi connectivity index (χ2n) is 5.59. The molecule has 0 spiro atoms. The van der Waals surface area contributed by atoms with Gasteiger partial charge in [-0.2, -0.15) is 0 Å². The third kappa shape index (κ3) is 4.77. The Hall–Kier alpha value is -0.430. The van der Waals surface area contributed by atoms with E-state index in [9.17, 15) is 8.42 Å². The molecule has 6 heteroatoms. The van der Waals surface area contributed by atoms with E-state index in [1.807, 2.05) is 6.07 Å². The van der Waals surface area contributed by atoms with Crippen molar-refractivity contribution in [3.05, 3.63) is 28.2 Å². The minimum atomic E-state index is -3.44. The molecule has 1 aliphatic carbocycles. The lowest BCUT2D eigenvalue weighted by molar-refractivity contribution is 0.316. The van der Waals surface area contributed by atoms with Gasteiger partial charge >= 0.3 is 0 Å². The summed E-state index contributed by atoms with van der Waals surface area (Å²) in [5, 5.41) is 3.29. The molecule has 1 aromatic carbocycles. The van der Waals surface area contributed by atoms with Crippen LogP contribution in [0.2, 0.25) is 0 Å². The van der Waals surface area contributed by atoms with Crippen LogP contribution in [0.3, 0.4) is 0 Å². The van der Waals surface area contributed by atoms with Crippen LogP contribution in [-0.4, -0.2) is 21.5 Å². The first kappa shape index (κ1) is 16.9. The van der Waals surface area contributed by atoms with Gasteiger partial charge in [0.2, 0.25) is 10.0 Å². The van der Waals surface area contributed by atoms with Crippen LogP contribution in [0.4, 0.5) is 0 Å². The standard InChI is InChI=1S/C15H23BrN2O2S/c1-2-8-17-10-13-6-7-14(16)15(9-13)21(19,20)18-11-12-4-3-5-12/h6-7,9,12,17-18H,2-5,8,10-11H2,1H3. The van der Waals surface area contributed by atoms with Crippen LogP contribution in [0.25, 0.3) is 0 Å². The van der Waals surface area contributed by atoms with Gasteiger partial charge in [0.05, 0.1) is 4.90 Å². The van der Waals surface area contributed by atoms with Crippen LogP contribution in [-0.2, 0) is 16.6 Å². The van der Waals surface area contributed by atoms with Crippen molar-refractivity contribution in [1.29, 1.82) is 0 Å². The Labute approximate surface area is 135 Å².